The van der Waals surface area contributed by atoms with Gasteiger partial charge in [-0.05, 0) is 24.6 Å². The highest BCUT2D eigenvalue weighted by Crippen LogP contribution is 2.20. The Labute approximate surface area is 174 Å². The zero-order valence-electron chi connectivity index (χ0n) is 15.5. The maximum atomic E-state index is 13.3. The maximum Gasteiger partial charge on any atom is 0.388 e. The molecule has 11 heteroatoms. The summed E-state index contributed by atoms with van der Waals surface area (Å²) in [4.78, 5) is 27.4. The summed E-state index contributed by atoms with van der Waals surface area (Å²) < 4.78 is 46.7. The summed E-state index contributed by atoms with van der Waals surface area (Å²) in [5, 5.41) is 4.92. The molecule has 2 amide bonds. The Morgan fingerprint density at radius 1 is 1.17 bits per heavy atom. The summed E-state index contributed by atoms with van der Waals surface area (Å²) >= 11 is 5.56. The van der Waals surface area contributed by atoms with Crippen LogP contribution in [-0.4, -0.2) is 30.0 Å². The van der Waals surface area contributed by atoms with Gasteiger partial charge in [0.25, 0.3) is 5.91 Å². The lowest BCUT2D eigenvalue weighted by Crippen LogP contribution is -2.28. The predicted octanol–water partition coefficient (Wildman–Crippen LogP) is 3.90. The standard InChI is InChI=1S/C19H17ClF3N3O4/c1-11(25-17(28)10-29-13-4-5-14(20)15(21)8-13)2-6-16(27)26-12-3-7-18(24-9-12)30-19(22)23/h3-5,7-9,19H,1-2,6,10H2,(H,25,28)(H,26,27). The molecule has 0 spiro atoms. The van der Waals surface area contributed by atoms with E-state index in [9.17, 15) is 22.8 Å². The smallest absolute Gasteiger partial charge is 0.388 e. The van der Waals surface area contributed by atoms with E-state index in [-0.39, 0.29) is 41.8 Å². The molecule has 0 atom stereocenters. The van der Waals surface area contributed by atoms with E-state index in [1.165, 1.54) is 30.5 Å². The van der Waals surface area contributed by atoms with E-state index < -0.39 is 24.2 Å². The quantitative estimate of drug-likeness (QED) is 0.581. The Hall–Kier alpha value is -3.27. The number of carbonyl (C=O) groups is 2. The Morgan fingerprint density at radius 3 is 2.57 bits per heavy atom. The molecule has 160 valence electrons. The molecule has 2 rings (SSSR count). The van der Waals surface area contributed by atoms with Gasteiger partial charge in [-0.1, -0.05) is 18.2 Å². The van der Waals surface area contributed by atoms with Crippen molar-refractivity contribution in [1.29, 1.82) is 0 Å². The van der Waals surface area contributed by atoms with E-state index in [4.69, 9.17) is 16.3 Å². The minimum atomic E-state index is -2.99. The van der Waals surface area contributed by atoms with Crippen LogP contribution in [0.1, 0.15) is 12.8 Å². The van der Waals surface area contributed by atoms with Gasteiger partial charge < -0.3 is 20.1 Å². The molecule has 30 heavy (non-hydrogen) atoms. The van der Waals surface area contributed by atoms with Crippen LogP contribution in [-0.2, 0) is 9.59 Å². The minimum Gasteiger partial charge on any atom is -0.484 e. The molecule has 7 nitrogen and oxygen atoms in total. The van der Waals surface area contributed by atoms with Gasteiger partial charge in [0.1, 0.15) is 11.6 Å². The predicted molar refractivity (Wildman–Crippen MR) is 103 cm³/mol. The van der Waals surface area contributed by atoms with E-state index in [0.717, 1.165) is 6.07 Å². The molecule has 0 fully saturated rings. The number of nitrogens with one attached hydrogen (secondary N) is 2. The fraction of sp³-hybridized carbons (Fsp3) is 0.211. The fourth-order valence-electron chi connectivity index (χ4n) is 2.11. The number of nitrogens with zero attached hydrogens (tertiary/aromatic N) is 1. The van der Waals surface area contributed by atoms with Gasteiger partial charge in [0.15, 0.2) is 6.61 Å². The highest BCUT2D eigenvalue weighted by atomic mass is 35.5. The molecule has 0 saturated heterocycles. The lowest BCUT2D eigenvalue weighted by molar-refractivity contribution is -0.122. The topological polar surface area (TPSA) is 89.5 Å². The summed E-state index contributed by atoms with van der Waals surface area (Å²) in [5.41, 5.74) is 0.569. The Kier molecular flexibility index (Phi) is 8.48. The van der Waals surface area contributed by atoms with Gasteiger partial charge in [0.05, 0.1) is 16.9 Å². The van der Waals surface area contributed by atoms with Crippen molar-refractivity contribution in [2.24, 2.45) is 0 Å². The Morgan fingerprint density at radius 2 is 1.93 bits per heavy atom. The number of benzene rings is 1. The van der Waals surface area contributed by atoms with Crippen molar-refractivity contribution in [3.05, 3.63) is 59.6 Å². The molecule has 0 aliphatic carbocycles. The first-order valence-electron chi connectivity index (χ1n) is 8.49. The molecule has 1 aromatic heterocycles. The second-order valence-corrected chi connectivity index (χ2v) is 6.24. The second-order valence-electron chi connectivity index (χ2n) is 5.83. The molecular formula is C19H17ClF3N3O4. The van der Waals surface area contributed by atoms with Crippen LogP contribution >= 0.6 is 11.6 Å². The number of aromatic nitrogens is 1. The number of carbonyl (C=O) groups excluding carboxylic acids is 2. The summed E-state index contributed by atoms with van der Waals surface area (Å²) in [6, 6.07) is 6.31. The van der Waals surface area contributed by atoms with Crippen LogP contribution in [0.4, 0.5) is 18.9 Å². The normalized spacial score (nSPS) is 10.4. The zero-order valence-corrected chi connectivity index (χ0v) is 16.2. The summed E-state index contributed by atoms with van der Waals surface area (Å²) in [5.74, 6) is -1.74. The van der Waals surface area contributed by atoms with Crippen molar-refractivity contribution in [2.45, 2.75) is 19.5 Å². The van der Waals surface area contributed by atoms with Crippen LogP contribution in [0.5, 0.6) is 11.6 Å². The molecule has 1 heterocycles. The fourth-order valence-corrected chi connectivity index (χ4v) is 2.23. The van der Waals surface area contributed by atoms with Gasteiger partial charge in [0, 0.05) is 24.3 Å². The van der Waals surface area contributed by atoms with Gasteiger partial charge in [0.2, 0.25) is 11.8 Å². The molecule has 0 bridgehead atoms. The summed E-state index contributed by atoms with van der Waals surface area (Å²) in [6.07, 6.45) is 1.31. The first-order valence-corrected chi connectivity index (χ1v) is 8.87. The third-order valence-corrected chi connectivity index (χ3v) is 3.77. The maximum absolute atomic E-state index is 13.3. The van der Waals surface area contributed by atoms with Crippen molar-refractivity contribution in [3.63, 3.8) is 0 Å². The van der Waals surface area contributed by atoms with E-state index in [1.807, 2.05) is 0 Å². The first kappa shape index (κ1) is 23.0. The van der Waals surface area contributed by atoms with Gasteiger partial charge in [-0.15, -0.1) is 0 Å². The van der Waals surface area contributed by atoms with Crippen molar-refractivity contribution in [3.8, 4) is 11.6 Å². The molecule has 0 saturated carbocycles. The van der Waals surface area contributed by atoms with Crippen LogP contribution in [0, 0.1) is 5.82 Å². The number of rotatable bonds is 10. The van der Waals surface area contributed by atoms with E-state index in [2.05, 4.69) is 26.9 Å². The second kappa shape index (κ2) is 11.1. The third-order valence-electron chi connectivity index (χ3n) is 3.46. The van der Waals surface area contributed by atoms with Crippen LogP contribution in [0.25, 0.3) is 0 Å². The lowest BCUT2D eigenvalue weighted by atomic mass is 10.2. The molecule has 0 radical (unpaired) electrons. The van der Waals surface area contributed by atoms with Crippen molar-refractivity contribution < 1.29 is 32.2 Å². The average Bonchev–Trinajstić information content (AvgIpc) is 2.68. The number of hydrogen-bond acceptors (Lipinski definition) is 5. The third kappa shape index (κ3) is 8.00. The number of pyridine rings is 1. The molecule has 0 aliphatic heterocycles. The number of ether oxygens (including phenoxy) is 2. The number of anilines is 1. The molecule has 2 N–H and O–H groups in total. The van der Waals surface area contributed by atoms with Crippen LogP contribution in [0.15, 0.2) is 48.8 Å². The van der Waals surface area contributed by atoms with E-state index in [1.54, 1.807) is 0 Å². The molecular weight excluding hydrogens is 427 g/mol. The Bertz CT molecular complexity index is 910. The first-order chi connectivity index (χ1) is 14.2. The highest BCUT2D eigenvalue weighted by Gasteiger charge is 2.10. The molecule has 2 aromatic rings. The SMILES string of the molecule is C=C(CCC(=O)Nc1ccc(OC(F)F)nc1)NC(=O)COc1ccc(Cl)c(F)c1. The molecule has 0 unspecified atom stereocenters. The minimum absolute atomic E-state index is 0.00233. The largest absolute Gasteiger partial charge is 0.484 e. The zero-order chi connectivity index (χ0) is 22.1. The van der Waals surface area contributed by atoms with Crippen LogP contribution in [0.2, 0.25) is 5.02 Å². The van der Waals surface area contributed by atoms with Gasteiger partial charge in [-0.25, -0.2) is 9.37 Å². The van der Waals surface area contributed by atoms with E-state index in [0.29, 0.717) is 5.69 Å². The van der Waals surface area contributed by atoms with Crippen molar-refractivity contribution >= 4 is 29.1 Å². The molecule has 1 aromatic carbocycles. The number of halogens is 4. The van der Waals surface area contributed by atoms with Crippen LogP contribution in [0.3, 0.4) is 0 Å². The highest BCUT2D eigenvalue weighted by molar-refractivity contribution is 6.30. The van der Waals surface area contributed by atoms with Gasteiger partial charge >= 0.3 is 6.61 Å². The van der Waals surface area contributed by atoms with Gasteiger partial charge in [-0.3, -0.25) is 9.59 Å². The Balaban J connectivity index is 1.69. The van der Waals surface area contributed by atoms with Gasteiger partial charge in [-0.2, -0.15) is 8.78 Å². The summed E-state index contributed by atoms with van der Waals surface area (Å²) in [7, 11) is 0. The molecule has 0 aliphatic rings. The lowest BCUT2D eigenvalue weighted by Gasteiger charge is -2.10. The van der Waals surface area contributed by atoms with Crippen molar-refractivity contribution in [2.75, 3.05) is 11.9 Å². The number of hydrogen-bond donors (Lipinski definition) is 2. The van der Waals surface area contributed by atoms with E-state index >= 15 is 0 Å². The summed E-state index contributed by atoms with van der Waals surface area (Å²) in [6.45, 7) is 0.276. The number of amides is 2. The monoisotopic (exact) mass is 443 g/mol. The van der Waals surface area contributed by atoms with Crippen molar-refractivity contribution in [1.82, 2.24) is 10.3 Å². The number of alkyl halides is 2. The average molecular weight is 444 g/mol. The number of allylic oxidation sites excluding steroid dienone is 1. The van der Waals surface area contributed by atoms with Crippen LogP contribution < -0.4 is 20.1 Å².